The third-order valence-electron chi connectivity index (χ3n) is 5.10. The molecule has 1 heterocycles. The second-order valence-corrected chi connectivity index (χ2v) is 6.75. The molecular weight excluding hydrogens is 310 g/mol. The van der Waals surface area contributed by atoms with E-state index in [1.807, 2.05) is 5.01 Å². The maximum absolute atomic E-state index is 12.4. The minimum absolute atomic E-state index is 0.0387. The molecule has 0 spiro atoms. The first-order valence-electron chi connectivity index (χ1n) is 8.55. The number of benzene rings is 1. The Bertz CT molecular complexity index is 598. The van der Waals surface area contributed by atoms with Crippen molar-refractivity contribution in [3.8, 4) is 0 Å². The Morgan fingerprint density at radius 1 is 1.21 bits per heavy atom. The predicted molar refractivity (Wildman–Crippen MR) is 88.3 cm³/mol. The van der Waals surface area contributed by atoms with Gasteiger partial charge in [0.25, 0.3) is 11.6 Å². The lowest BCUT2D eigenvalue weighted by atomic mass is 9.83. The van der Waals surface area contributed by atoms with E-state index in [0.717, 1.165) is 12.8 Å². The number of aliphatic hydroxyl groups is 1. The molecule has 2 fully saturated rings. The molecule has 7 nitrogen and oxygen atoms in total. The summed E-state index contributed by atoms with van der Waals surface area (Å²) in [6.45, 7) is 0.430. The van der Waals surface area contributed by atoms with Gasteiger partial charge in [-0.1, -0.05) is 19.3 Å². The van der Waals surface area contributed by atoms with E-state index in [-0.39, 0.29) is 17.6 Å². The number of nitrogens with zero attached hydrogens (tertiary/aromatic N) is 2. The summed E-state index contributed by atoms with van der Waals surface area (Å²) in [5, 5.41) is 22.6. The Labute approximate surface area is 140 Å². The molecule has 24 heavy (non-hydrogen) atoms. The number of carbonyl (C=O) groups is 1. The summed E-state index contributed by atoms with van der Waals surface area (Å²) in [6.07, 6.45) is 6.23. The van der Waals surface area contributed by atoms with Gasteiger partial charge in [-0.15, -0.1) is 0 Å². The summed E-state index contributed by atoms with van der Waals surface area (Å²) >= 11 is 0. The molecule has 7 heteroatoms. The maximum Gasteiger partial charge on any atom is 0.269 e. The van der Waals surface area contributed by atoms with Gasteiger partial charge in [-0.2, -0.15) is 0 Å². The summed E-state index contributed by atoms with van der Waals surface area (Å²) in [5.41, 5.74) is 3.23. The minimum Gasteiger partial charge on any atom is -0.392 e. The molecule has 2 atom stereocenters. The highest BCUT2D eigenvalue weighted by atomic mass is 16.6. The monoisotopic (exact) mass is 333 g/mol. The van der Waals surface area contributed by atoms with E-state index in [9.17, 15) is 20.0 Å². The van der Waals surface area contributed by atoms with E-state index in [0.29, 0.717) is 24.4 Å². The highest BCUT2D eigenvalue weighted by Gasteiger charge is 2.37. The van der Waals surface area contributed by atoms with Crippen molar-refractivity contribution in [1.82, 2.24) is 10.4 Å². The SMILES string of the molecule is O=C(NN1CC(O)CC1C1CCCCC1)c1ccc([N+](=O)[O-])cc1. The summed E-state index contributed by atoms with van der Waals surface area (Å²) in [5.74, 6) is 0.216. The van der Waals surface area contributed by atoms with Crippen LogP contribution >= 0.6 is 0 Å². The van der Waals surface area contributed by atoms with Crippen molar-refractivity contribution in [2.75, 3.05) is 6.54 Å². The highest BCUT2D eigenvalue weighted by molar-refractivity contribution is 5.94. The highest BCUT2D eigenvalue weighted by Crippen LogP contribution is 2.33. The Balaban J connectivity index is 1.66. The zero-order chi connectivity index (χ0) is 17.1. The molecular formula is C17H23N3O4. The van der Waals surface area contributed by atoms with Crippen LogP contribution in [0.2, 0.25) is 0 Å². The van der Waals surface area contributed by atoms with Crippen LogP contribution in [0.3, 0.4) is 0 Å². The fraction of sp³-hybridized carbons (Fsp3) is 0.588. The largest absolute Gasteiger partial charge is 0.392 e. The molecule has 0 aromatic heterocycles. The molecule has 1 aromatic carbocycles. The van der Waals surface area contributed by atoms with Crippen molar-refractivity contribution in [2.24, 2.45) is 5.92 Å². The fourth-order valence-corrected chi connectivity index (χ4v) is 3.87. The molecule has 2 N–H and O–H groups in total. The van der Waals surface area contributed by atoms with Gasteiger partial charge in [0.1, 0.15) is 0 Å². The van der Waals surface area contributed by atoms with Crippen LogP contribution in [0.15, 0.2) is 24.3 Å². The number of β-amino-alcohol motifs (C(OH)–C–C–N with tert-alkyl or cyclic N) is 1. The number of nitrogens with one attached hydrogen (secondary N) is 1. The Hall–Kier alpha value is -1.99. The number of aliphatic hydroxyl groups excluding tert-OH is 1. The summed E-state index contributed by atoms with van der Waals surface area (Å²) in [6, 6.07) is 5.73. The average molecular weight is 333 g/mol. The zero-order valence-corrected chi connectivity index (χ0v) is 13.6. The van der Waals surface area contributed by atoms with Gasteiger partial charge >= 0.3 is 0 Å². The van der Waals surface area contributed by atoms with E-state index in [1.165, 1.54) is 43.5 Å². The number of non-ortho nitro benzene ring substituents is 1. The average Bonchev–Trinajstić information content (AvgIpc) is 2.96. The molecule has 2 unspecified atom stereocenters. The number of nitro groups is 1. The van der Waals surface area contributed by atoms with Crippen molar-refractivity contribution < 1.29 is 14.8 Å². The summed E-state index contributed by atoms with van der Waals surface area (Å²) in [4.78, 5) is 22.6. The zero-order valence-electron chi connectivity index (χ0n) is 13.6. The molecule has 3 rings (SSSR count). The van der Waals surface area contributed by atoms with Gasteiger partial charge in [0.15, 0.2) is 0 Å². The second-order valence-electron chi connectivity index (χ2n) is 6.75. The number of carbonyl (C=O) groups excluding carboxylic acids is 1. The van der Waals surface area contributed by atoms with Crippen LogP contribution in [0.1, 0.15) is 48.9 Å². The van der Waals surface area contributed by atoms with Crippen LogP contribution < -0.4 is 5.43 Å². The van der Waals surface area contributed by atoms with Gasteiger partial charge in [-0.05, 0) is 37.3 Å². The molecule has 1 saturated heterocycles. The molecule has 130 valence electrons. The molecule has 0 radical (unpaired) electrons. The first-order valence-corrected chi connectivity index (χ1v) is 8.55. The number of amides is 1. The number of hydrogen-bond acceptors (Lipinski definition) is 5. The summed E-state index contributed by atoms with van der Waals surface area (Å²) in [7, 11) is 0. The van der Waals surface area contributed by atoms with Crippen molar-refractivity contribution in [3.05, 3.63) is 39.9 Å². The van der Waals surface area contributed by atoms with Gasteiger partial charge in [0.2, 0.25) is 0 Å². The first-order chi connectivity index (χ1) is 11.5. The molecule has 1 amide bonds. The smallest absolute Gasteiger partial charge is 0.269 e. The number of rotatable bonds is 4. The quantitative estimate of drug-likeness (QED) is 0.651. The fourth-order valence-electron chi connectivity index (χ4n) is 3.87. The molecule has 1 aliphatic heterocycles. The van der Waals surface area contributed by atoms with Gasteiger partial charge in [-0.25, -0.2) is 5.01 Å². The molecule has 0 bridgehead atoms. The van der Waals surface area contributed by atoms with Gasteiger partial charge in [0, 0.05) is 30.3 Å². The van der Waals surface area contributed by atoms with E-state index < -0.39 is 11.0 Å². The van der Waals surface area contributed by atoms with Crippen molar-refractivity contribution in [1.29, 1.82) is 0 Å². The van der Waals surface area contributed by atoms with Crippen LogP contribution in [-0.4, -0.2) is 39.6 Å². The number of nitro benzene ring substituents is 1. The molecule has 1 aromatic rings. The molecule has 2 aliphatic rings. The third kappa shape index (κ3) is 3.73. The van der Waals surface area contributed by atoms with E-state index in [1.54, 1.807) is 0 Å². The lowest BCUT2D eigenvalue weighted by Crippen LogP contribution is -2.48. The standard InChI is InChI=1S/C17H23N3O4/c21-15-10-16(12-4-2-1-3-5-12)19(11-15)18-17(22)13-6-8-14(9-7-13)20(23)24/h6-9,12,15-16,21H,1-5,10-11H2,(H,18,22). The Kier molecular flexibility index (Phi) is 5.11. The first kappa shape index (κ1) is 16.9. The lowest BCUT2D eigenvalue weighted by molar-refractivity contribution is -0.384. The third-order valence-corrected chi connectivity index (χ3v) is 5.10. The van der Waals surface area contributed by atoms with Crippen molar-refractivity contribution in [3.63, 3.8) is 0 Å². The predicted octanol–water partition coefficient (Wildman–Crippen LogP) is 2.26. The maximum atomic E-state index is 12.4. The van der Waals surface area contributed by atoms with Gasteiger partial charge < -0.3 is 5.11 Å². The second kappa shape index (κ2) is 7.27. The van der Waals surface area contributed by atoms with Gasteiger partial charge in [0.05, 0.1) is 11.0 Å². The van der Waals surface area contributed by atoms with Crippen LogP contribution in [0.5, 0.6) is 0 Å². The van der Waals surface area contributed by atoms with E-state index in [2.05, 4.69) is 5.43 Å². The van der Waals surface area contributed by atoms with Crippen molar-refractivity contribution >= 4 is 11.6 Å². The number of hydrazine groups is 1. The topological polar surface area (TPSA) is 95.7 Å². The Morgan fingerprint density at radius 3 is 2.50 bits per heavy atom. The lowest BCUT2D eigenvalue weighted by Gasteiger charge is -2.33. The summed E-state index contributed by atoms with van der Waals surface area (Å²) < 4.78 is 0. The van der Waals surface area contributed by atoms with E-state index in [4.69, 9.17) is 0 Å². The van der Waals surface area contributed by atoms with Crippen LogP contribution in [-0.2, 0) is 0 Å². The minimum atomic E-state index is -0.488. The molecule has 1 aliphatic carbocycles. The Morgan fingerprint density at radius 2 is 1.88 bits per heavy atom. The van der Waals surface area contributed by atoms with Crippen LogP contribution in [0, 0.1) is 16.0 Å². The molecule has 1 saturated carbocycles. The van der Waals surface area contributed by atoms with E-state index >= 15 is 0 Å². The number of hydrogen-bond donors (Lipinski definition) is 2. The van der Waals surface area contributed by atoms with Crippen LogP contribution in [0.25, 0.3) is 0 Å². The normalized spacial score (nSPS) is 25.5. The van der Waals surface area contributed by atoms with Crippen LogP contribution in [0.4, 0.5) is 5.69 Å². The van der Waals surface area contributed by atoms with Crippen molar-refractivity contribution in [2.45, 2.75) is 50.7 Å². The van der Waals surface area contributed by atoms with Gasteiger partial charge in [-0.3, -0.25) is 20.3 Å².